The number of ether oxygens (including phenoxy) is 1. The zero-order valence-corrected chi connectivity index (χ0v) is 18.8. The number of carbonyl (C=O) groups is 1. The number of urea groups is 1. The molecule has 1 saturated heterocycles. The number of nitrogens with one attached hydrogen (secondary N) is 2. The Kier molecular flexibility index (Phi) is 6.45. The summed E-state index contributed by atoms with van der Waals surface area (Å²) in [5.74, 6) is 1.19. The number of aromatic nitrogens is 2. The lowest BCUT2D eigenvalue weighted by Gasteiger charge is -2.41. The van der Waals surface area contributed by atoms with Gasteiger partial charge in [-0.2, -0.15) is 10.1 Å². The van der Waals surface area contributed by atoms with Crippen LogP contribution < -0.4 is 10.9 Å². The fourth-order valence-corrected chi connectivity index (χ4v) is 3.98. The van der Waals surface area contributed by atoms with Crippen LogP contribution in [0.2, 0.25) is 0 Å². The maximum Gasteiger partial charge on any atom is 0.339 e. The zero-order valence-electron chi connectivity index (χ0n) is 18.8. The maximum atomic E-state index is 13.4. The first kappa shape index (κ1) is 22.3. The molecule has 2 aliphatic heterocycles. The highest BCUT2D eigenvalue weighted by Crippen LogP contribution is 2.40. The van der Waals surface area contributed by atoms with Crippen molar-refractivity contribution in [2.75, 3.05) is 32.8 Å². The molecule has 2 amide bonds. The number of nitrogens with zero attached hydrogens (tertiary/aromatic N) is 5. The quantitative estimate of drug-likeness (QED) is 0.609. The lowest BCUT2D eigenvalue weighted by atomic mass is 9.98. The molecule has 3 heterocycles. The first-order chi connectivity index (χ1) is 15.4. The van der Waals surface area contributed by atoms with Crippen LogP contribution in [0.15, 0.2) is 41.5 Å². The van der Waals surface area contributed by atoms with Crippen LogP contribution in [0.25, 0.3) is 0 Å². The number of hydrogen-bond donors (Lipinski definition) is 3. The van der Waals surface area contributed by atoms with Crippen molar-refractivity contribution < 1.29 is 14.6 Å². The molecule has 0 bridgehead atoms. The minimum atomic E-state index is -0.962. The second-order valence-electron chi connectivity index (χ2n) is 8.55. The van der Waals surface area contributed by atoms with Crippen LogP contribution >= 0.6 is 0 Å². The first-order valence-electron chi connectivity index (χ1n) is 11.0. The summed E-state index contributed by atoms with van der Waals surface area (Å²) in [4.78, 5) is 22.0. The molecule has 172 valence electrons. The standard InChI is InChI=1S/C22H31N7O3/c1-4-23-26-21(30)29-18(16-8-6-5-7-9-16)17-14-24-28(15-22(2,3)31)19(17)25-20(29)27-10-12-32-13-11-27/h5-9,14,18,23,31H,4,10-13,15H2,1-3H3,(H,26,30). The Morgan fingerprint density at radius 1 is 1.25 bits per heavy atom. The number of benzene rings is 1. The molecule has 1 aromatic heterocycles. The lowest BCUT2D eigenvalue weighted by Crippen LogP contribution is -2.57. The lowest BCUT2D eigenvalue weighted by molar-refractivity contribution is 0.0576. The molecular formula is C22H31N7O3. The van der Waals surface area contributed by atoms with Gasteiger partial charge in [-0.15, -0.1) is 0 Å². The number of aliphatic hydroxyl groups is 1. The van der Waals surface area contributed by atoms with E-state index >= 15 is 0 Å². The van der Waals surface area contributed by atoms with Crippen molar-refractivity contribution >= 4 is 17.8 Å². The average Bonchev–Trinajstić information content (AvgIpc) is 3.18. The molecule has 2 aromatic rings. The Balaban J connectivity index is 1.86. The van der Waals surface area contributed by atoms with E-state index in [-0.39, 0.29) is 12.6 Å². The summed E-state index contributed by atoms with van der Waals surface area (Å²) in [6.07, 6.45) is 1.74. The van der Waals surface area contributed by atoms with Gasteiger partial charge in [0.15, 0.2) is 5.82 Å². The van der Waals surface area contributed by atoms with Gasteiger partial charge in [0.25, 0.3) is 0 Å². The molecule has 3 N–H and O–H groups in total. The third-order valence-corrected chi connectivity index (χ3v) is 5.35. The number of hydrogen-bond acceptors (Lipinski definition) is 7. The second kappa shape index (κ2) is 9.27. The fraction of sp³-hybridized carbons (Fsp3) is 0.500. The van der Waals surface area contributed by atoms with Crippen LogP contribution in [0.1, 0.15) is 37.9 Å². The molecular weight excluding hydrogens is 410 g/mol. The van der Waals surface area contributed by atoms with Crippen LogP contribution in [0.5, 0.6) is 0 Å². The van der Waals surface area contributed by atoms with Gasteiger partial charge in [-0.1, -0.05) is 37.3 Å². The number of fused-ring (bicyclic) bond motifs is 1. The second-order valence-corrected chi connectivity index (χ2v) is 8.55. The number of amides is 2. The number of hydrazine groups is 1. The summed E-state index contributed by atoms with van der Waals surface area (Å²) in [5.41, 5.74) is 6.48. The van der Waals surface area contributed by atoms with Gasteiger partial charge < -0.3 is 14.7 Å². The van der Waals surface area contributed by atoms with Gasteiger partial charge >= 0.3 is 6.03 Å². The molecule has 1 fully saturated rings. The van der Waals surface area contributed by atoms with E-state index in [1.807, 2.05) is 37.3 Å². The summed E-state index contributed by atoms with van der Waals surface area (Å²) < 4.78 is 7.24. The predicted molar refractivity (Wildman–Crippen MR) is 120 cm³/mol. The first-order valence-corrected chi connectivity index (χ1v) is 11.0. The van der Waals surface area contributed by atoms with Crippen molar-refractivity contribution in [1.82, 2.24) is 30.4 Å². The highest BCUT2D eigenvalue weighted by molar-refractivity contribution is 5.99. The molecule has 0 spiro atoms. The normalized spacial score (nSPS) is 18.9. The van der Waals surface area contributed by atoms with E-state index in [0.29, 0.717) is 44.6 Å². The number of morpholine rings is 1. The fourth-order valence-electron chi connectivity index (χ4n) is 3.98. The van der Waals surface area contributed by atoms with Crippen LogP contribution in [0.4, 0.5) is 10.6 Å². The maximum absolute atomic E-state index is 13.4. The Bertz CT molecular complexity index is 962. The van der Waals surface area contributed by atoms with Crippen molar-refractivity contribution in [3.05, 3.63) is 47.7 Å². The van der Waals surface area contributed by atoms with Crippen molar-refractivity contribution in [1.29, 1.82) is 0 Å². The molecule has 0 aliphatic carbocycles. The van der Waals surface area contributed by atoms with E-state index in [0.717, 1.165) is 11.1 Å². The summed E-state index contributed by atoms with van der Waals surface area (Å²) in [6.45, 7) is 8.65. The van der Waals surface area contributed by atoms with Crippen LogP contribution in [0, 0.1) is 0 Å². The van der Waals surface area contributed by atoms with Crippen molar-refractivity contribution in [3.63, 3.8) is 0 Å². The number of guanidine groups is 1. The highest BCUT2D eigenvalue weighted by atomic mass is 16.5. The van der Waals surface area contributed by atoms with E-state index in [4.69, 9.17) is 9.73 Å². The molecule has 10 heteroatoms. The van der Waals surface area contributed by atoms with Gasteiger partial charge in [0.05, 0.1) is 37.6 Å². The third-order valence-electron chi connectivity index (χ3n) is 5.35. The minimum absolute atomic E-state index is 0.285. The van der Waals surface area contributed by atoms with Gasteiger partial charge in [0.2, 0.25) is 5.96 Å². The van der Waals surface area contributed by atoms with Crippen LogP contribution in [-0.2, 0) is 11.3 Å². The molecule has 2 aliphatic rings. The highest BCUT2D eigenvalue weighted by Gasteiger charge is 2.40. The Hall–Kier alpha value is -2.95. The Morgan fingerprint density at radius 3 is 2.62 bits per heavy atom. The van der Waals surface area contributed by atoms with E-state index < -0.39 is 11.6 Å². The van der Waals surface area contributed by atoms with Crippen molar-refractivity contribution in [2.45, 2.75) is 39.0 Å². The van der Waals surface area contributed by atoms with E-state index in [9.17, 15) is 9.90 Å². The number of carbonyl (C=O) groups excluding carboxylic acids is 1. The molecule has 10 nitrogen and oxygen atoms in total. The van der Waals surface area contributed by atoms with Crippen LogP contribution in [0.3, 0.4) is 0 Å². The van der Waals surface area contributed by atoms with E-state index in [2.05, 4.69) is 20.9 Å². The summed E-state index contributed by atoms with van der Waals surface area (Å²) in [5, 5.41) is 14.9. The molecule has 4 rings (SSSR count). The van der Waals surface area contributed by atoms with Gasteiger partial charge in [0, 0.05) is 25.2 Å². The van der Waals surface area contributed by atoms with Gasteiger partial charge in [-0.3, -0.25) is 10.3 Å². The summed E-state index contributed by atoms with van der Waals surface area (Å²) in [7, 11) is 0. The third kappa shape index (κ3) is 4.62. The Labute approximate surface area is 187 Å². The van der Waals surface area contributed by atoms with Crippen LogP contribution in [-0.4, -0.2) is 75.1 Å². The average molecular weight is 442 g/mol. The monoisotopic (exact) mass is 441 g/mol. The molecule has 1 aromatic carbocycles. The smallest absolute Gasteiger partial charge is 0.339 e. The Morgan fingerprint density at radius 2 is 1.97 bits per heavy atom. The van der Waals surface area contributed by atoms with Crippen molar-refractivity contribution in [2.24, 2.45) is 4.99 Å². The summed E-state index contributed by atoms with van der Waals surface area (Å²) in [6, 6.07) is 9.14. The predicted octanol–water partition coefficient (Wildman–Crippen LogP) is 1.61. The van der Waals surface area contributed by atoms with Gasteiger partial charge in [0.1, 0.15) is 0 Å². The molecule has 1 unspecified atom stereocenters. The van der Waals surface area contributed by atoms with E-state index in [1.165, 1.54) is 0 Å². The largest absolute Gasteiger partial charge is 0.389 e. The zero-order chi connectivity index (χ0) is 22.7. The van der Waals surface area contributed by atoms with Gasteiger partial charge in [-0.05, 0) is 19.4 Å². The topological polar surface area (TPSA) is 107 Å². The van der Waals surface area contributed by atoms with Crippen molar-refractivity contribution in [3.8, 4) is 0 Å². The summed E-state index contributed by atoms with van der Waals surface area (Å²) >= 11 is 0. The number of aliphatic imine (C=N–C) groups is 1. The molecule has 0 saturated carbocycles. The number of rotatable bonds is 5. The minimum Gasteiger partial charge on any atom is -0.389 e. The molecule has 1 atom stereocenters. The molecule has 32 heavy (non-hydrogen) atoms. The van der Waals surface area contributed by atoms with E-state index in [1.54, 1.807) is 29.6 Å². The van der Waals surface area contributed by atoms with Gasteiger partial charge in [-0.25, -0.2) is 14.9 Å². The molecule has 0 radical (unpaired) electrons. The SMILES string of the molecule is CCNNC(=O)N1C(N2CCOCC2)=Nc2c(cnn2CC(C)(C)O)C1c1ccccc1.